The number of nitrogens with two attached hydrogens (primary N) is 1. The van der Waals surface area contributed by atoms with Crippen molar-refractivity contribution >= 4 is 5.91 Å². The minimum absolute atomic E-state index is 0.0501. The third-order valence-corrected chi connectivity index (χ3v) is 3.26. The van der Waals surface area contributed by atoms with Gasteiger partial charge in [0.1, 0.15) is 5.75 Å². The SMILES string of the molecule is CCCC[C@H](N)C(=O)NC(C)c1ccc(OCC)cc1. The molecule has 0 saturated carbocycles. The van der Waals surface area contributed by atoms with Crippen LogP contribution in [0.3, 0.4) is 0 Å². The quantitative estimate of drug-likeness (QED) is 0.768. The second-order valence-electron chi connectivity index (χ2n) is 4.98. The van der Waals surface area contributed by atoms with Crippen molar-refractivity contribution in [2.45, 2.75) is 52.1 Å². The van der Waals surface area contributed by atoms with Crippen LogP contribution in [0.5, 0.6) is 5.75 Å². The van der Waals surface area contributed by atoms with E-state index in [-0.39, 0.29) is 11.9 Å². The topological polar surface area (TPSA) is 64.4 Å². The molecule has 0 aliphatic heterocycles. The number of hydrogen-bond acceptors (Lipinski definition) is 3. The lowest BCUT2D eigenvalue weighted by Crippen LogP contribution is -2.41. The summed E-state index contributed by atoms with van der Waals surface area (Å²) >= 11 is 0. The van der Waals surface area contributed by atoms with Crippen LogP contribution in [0.25, 0.3) is 0 Å². The van der Waals surface area contributed by atoms with Crippen LogP contribution in [-0.2, 0) is 4.79 Å². The fraction of sp³-hybridized carbons (Fsp3) is 0.562. The van der Waals surface area contributed by atoms with Gasteiger partial charge in [0.15, 0.2) is 0 Å². The van der Waals surface area contributed by atoms with Gasteiger partial charge in [0.2, 0.25) is 5.91 Å². The molecule has 0 radical (unpaired) electrons. The normalized spacial score (nSPS) is 13.6. The summed E-state index contributed by atoms with van der Waals surface area (Å²) in [5, 5.41) is 2.95. The second-order valence-corrected chi connectivity index (χ2v) is 4.98. The number of hydrogen-bond donors (Lipinski definition) is 2. The maximum atomic E-state index is 11.9. The van der Waals surface area contributed by atoms with Gasteiger partial charge in [0.05, 0.1) is 18.7 Å². The molecule has 0 aliphatic carbocycles. The van der Waals surface area contributed by atoms with Crippen LogP contribution in [0.2, 0.25) is 0 Å². The highest BCUT2D eigenvalue weighted by Gasteiger charge is 2.16. The van der Waals surface area contributed by atoms with E-state index in [0.717, 1.165) is 30.6 Å². The van der Waals surface area contributed by atoms with Gasteiger partial charge in [-0.2, -0.15) is 0 Å². The molecule has 4 heteroatoms. The van der Waals surface area contributed by atoms with Gasteiger partial charge in [-0.15, -0.1) is 0 Å². The molecule has 0 fully saturated rings. The predicted molar refractivity (Wildman–Crippen MR) is 81.7 cm³/mol. The first-order valence-electron chi connectivity index (χ1n) is 7.37. The van der Waals surface area contributed by atoms with Gasteiger partial charge < -0.3 is 15.8 Å². The standard InChI is InChI=1S/C16H26N2O2/c1-4-6-7-15(17)16(19)18-12(3)13-8-10-14(11-9-13)20-5-2/h8-12,15H,4-7,17H2,1-3H3,(H,18,19)/t12?,15-/m0/s1. The Morgan fingerprint density at radius 2 is 1.95 bits per heavy atom. The molecular weight excluding hydrogens is 252 g/mol. The molecule has 0 aromatic heterocycles. The van der Waals surface area contributed by atoms with Crippen LogP contribution >= 0.6 is 0 Å². The molecule has 1 unspecified atom stereocenters. The average Bonchev–Trinajstić information content (AvgIpc) is 2.45. The molecule has 3 N–H and O–H groups in total. The van der Waals surface area contributed by atoms with Crippen LogP contribution in [0, 0.1) is 0 Å². The first-order chi connectivity index (χ1) is 9.58. The summed E-state index contributed by atoms with van der Waals surface area (Å²) in [7, 11) is 0. The summed E-state index contributed by atoms with van der Waals surface area (Å²) in [6.07, 6.45) is 2.76. The summed E-state index contributed by atoms with van der Waals surface area (Å²) in [4.78, 5) is 11.9. The molecule has 0 heterocycles. The maximum Gasteiger partial charge on any atom is 0.237 e. The van der Waals surface area contributed by atoms with E-state index < -0.39 is 6.04 Å². The van der Waals surface area contributed by atoms with Gasteiger partial charge in [-0.1, -0.05) is 31.9 Å². The summed E-state index contributed by atoms with van der Waals surface area (Å²) < 4.78 is 5.40. The van der Waals surface area contributed by atoms with Crippen molar-refractivity contribution in [3.8, 4) is 5.75 Å². The third kappa shape index (κ3) is 5.21. The Morgan fingerprint density at radius 3 is 2.50 bits per heavy atom. The van der Waals surface area contributed by atoms with Gasteiger partial charge >= 0.3 is 0 Å². The number of nitrogens with one attached hydrogen (secondary N) is 1. The van der Waals surface area contributed by atoms with Crippen LogP contribution < -0.4 is 15.8 Å². The number of carbonyl (C=O) groups is 1. The van der Waals surface area contributed by atoms with E-state index in [0.29, 0.717) is 6.61 Å². The Labute approximate surface area is 121 Å². The molecular formula is C16H26N2O2. The summed E-state index contributed by atoms with van der Waals surface area (Å²) in [6, 6.07) is 7.30. The highest BCUT2D eigenvalue weighted by Crippen LogP contribution is 2.17. The molecule has 4 nitrogen and oxygen atoms in total. The van der Waals surface area contributed by atoms with Crippen molar-refractivity contribution in [3.63, 3.8) is 0 Å². The van der Waals surface area contributed by atoms with Crippen molar-refractivity contribution < 1.29 is 9.53 Å². The Balaban J connectivity index is 2.52. The summed E-state index contributed by atoms with van der Waals surface area (Å²) in [6.45, 7) is 6.65. The first kappa shape index (κ1) is 16.5. The molecule has 0 aliphatic rings. The third-order valence-electron chi connectivity index (χ3n) is 3.26. The molecule has 2 atom stereocenters. The zero-order valence-electron chi connectivity index (χ0n) is 12.7. The molecule has 20 heavy (non-hydrogen) atoms. The molecule has 0 spiro atoms. The number of unbranched alkanes of at least 4 members (excludes halogenated alkanes) is 1. The number of benzene rings is 1. The van der Waals surface area contributed by atoms with Crippen LogP contribution in [0.1, 0.15) is 51.6 Å². The lowest BCUT2D eigenvalue weighted by atomic mass is 10.1. The molecule has 1 aromatic rings. The van der Waals surface area contributed by atoms with Crippen LogP contribution in [0.15, 0.2) is 24.3 Å². The van der Waals surface area contributed by atoms with Crippen LogP contribution in [-0.4, -0.2) is 18.6 Å². The number of amides is 1. The zero-order chi connectivity index (χ0) is 15.0. The van der Waals surface area contributed by atoms with Crippen molar-refractivity contribution in [1.29, 1.82) is 0 Å². The number of carbonyl (C=O) groups excluding carboxylic acids is 1. The summed E-state index contributed by atoms with van der Waals surface area (Å²) in [5.41, 5.74) is 6.91. The van der Waals surface area contributed by atoms with E-state index in [2.05, 4.69) is 12.2 Å². The number of ether oxygens (including phenoxy) is 1. The van der Waals surface area contributed by atoms with E-state index in [4.69, 9.17) is 10.5 Å². The average molecular weight is 278 g/mol. The Morgan fingerprint density at radius 1 is 1.30 bits per heavy atom. The molecule has 0 bridgehead atoms. The first-order valence-corrected chi connectivity index (χ1v) is 7.37. The van der Waals surface area contributed by atoms with Gasteiger partial charge in [-0.3, -0.25) is 4.79 Å². The maximum absolute atomic E-state index is 11.9. The monoisotopic (exact) mass is 278 g/mol. The minimum atomic E-state index is -0.417. The highest BCUT2D eigenvalue weighted by atomic mass is 16.5. The second kappa shape index (κ2) is 8.59. The molecule has 112 valence electrons. The Kier molecular flexibility index (Phi) is 7.09. The van der Waals surface area contributed by atoms with Gasteiger partial charge in [-0.25, -0.2) is 0 Å². The van der Waals surface area contributed by atoms with Gasteiger partial charge in [-0.05, 0) is 38.0 Å². The Hall–Kier alpha value is -1.55. The zero-order valence-corrected chi connectivity index (χ0v) is 12.7. The van der Waals surface area contributed by atoms with E-state index in [1.807, 2.05) is 38.1 Å². The Bertz CT molecular complexity index is 403. The molecule has 0 saturated heterocycles. The lowest BCUT2D eigenvalue weighted by molar-refractivity contribution is -0.123. The fourth-order valence-corrected chi connectivity index (χ4v) is 1.98. The van der Waals surface area contributed by atoms with Gasteiger partial charge in [0, 0.05) is 0 Å². The van der Waals surface area contributed by atoms with E-state index >= 15 is 0 Å². The van der Waals surface area contributed by atoms with Crippen molar-refractivity contribution in [1.82, 2.24) is 5.32 Å². The smallest absolute Gasteiger partial charge is 0.237 e. The largest absolute Gasteiger partial charge is 0.494 e. The van der Waals surface area contributed by atoms with Crippen molar-refractivity contribution in [3.05, 3.63) is 29.8 Å². The summed E-state index contributed by atoms with van der Waals surface area (Å²) in [5.74, 6) is 0.759. The highest BCUT2D eigenvalue weighted by molar-refractivity contribution is 5.81. The number of rotatable bonds is 8. The molecule has 1 aromatic carbocycles. The van der Waals surface area contributed by atoms with Crippen molar-refractivity contribution in [2.75, 3.05) is 6.61 Å². The molecule has 1 amide bonds. The molecule has 1 rings (SSSR count). The lowest BCUT2D eigenvalue weighted by Gasteiger charge is -2.18. The van der Waals surface area contributed by atoms with Crippen LogP contribution in [0.4, 0.5) is 0 Å². The minimum Gasteiger partial charge on any atom is -0.494 e. The predicted octanol–water partition coefficient (Wildman–Crippen LogP) is 2.78. The van der Waals surface area contributed by atoms with E-state index in [1.165, 1.54) is 0 Å². The van der Waals surface area contributed by atoms with Gasteiger partial charge in [0.25, 0.3) is 0 Å². The fourth-order valence-electron chi connectivity index (χ4n) is 1.98. The van der Waals surface area contributed by atoms with Crippen molar-refractivity contribution in [2.24, 2.45) is 5.73 Å². The van der Waals surface area contributed by atoms with E-state index in [1.54, 1.807) is 0 Å². The van der Waals surface area contributed by atoms with E-state index in [9.17, 15) is 4.79 Å².